The summed E-state index contributed by atoms with van der Waals surface area (Å²) in [6.45, 7) is 8.07. The number of halogens is 1. The summed E-state index contributed by atoms with van der Waals surface area (Å²) in [5.41, 5.74) is 0.434. The van der Waals surface area contributed by atoms with Crippen LogP contribution < -0.4 is 10.2 Å². The predicted molar refractivity (Wildman–Crippen MR) is 92.7 cm³/mol. The smallest absolute Gasteiger partial charge is 0.151 e. The molecule has 3 rings (SSSR count). The van der Waals surface area contributed by atoms with Crippen LogP contribution in [0, 0.1) is 5.41 Å². The van der Waals surface area contributed by atoms with Crippen LogP contribution in [0.5, 0.6) is 0 Å². The summed E-state index contributed by atoms with van der Waals surface area (Å²) < 4.78 is 0. The van der Waals surface area contributed by atoms with Gasteiger partial charge in [0.1, 0.15) is 0 Å². The Morgan fingerprint density at radius 2 is 2.36 bits per heavy atom. The first-order chi connectivity index (χ1) is 10.2. The molecular formula is C16H28ClN5. The highest BCUT2D eigenvalue weighted by Crippen LogP contribution is 2.28. The van der Waals surface area contributed by atoms with E-state index < -0.39 is 0 Å². The van der Waals surface area contributed by atoms with Crippen LogP contribution >= 0.6 is 12.4 Å². The van der Waals surface area contributed by atoms with Gasteiger partial charge in [-0.3, -0.25) is 0 Å². The SMILES string of the molecule is CN(CC1(C)CCNC1)C1CCCN(c2cccnn2)C1.Cl. The van der Waals surface area contributed by atoms with Gasteiger partial charge in [-0.15, -0.1) is 17.5 Å². The van der Waals surface area contributed by atoms with Gasteiger partial charge in [0.25, 0.3) is 0 Å². The lowest BCUT2D eigenvalue weighted by atomic mass is 9.88. The first-order valence-electron chi connectivity index (χ1n) is 8.10. The van der Waals surface area contributed by atoms with Gasteiger partial charge >= 0.3 is 0 Å². The minimum atomic E-state index is 0. The number of rotatable bonds is 4. The van der Waals surface area contributed by atoms with Crippen molar-refractivity contribution in [2.24, 2.45) is 5.41 Å². The summed E-state index contributed by atoms with van der Waals surface area (Å²) >= 11 is 0. The van der Waals surface area contributed by atoms with Crippen molar-refractivity contribution in [1.29, 1.82) is 0 Å². The van der Waals surface area contributed by atoms with Crippen LogP contribution in [-0.2, 0) is 0 Å². The monoisotopic (exact) mass is 325 g/mol. The maximum absolute atomic E-state index is 4.26. The quantitative estimate of drug-likeness (QED) is 0.914. The van der Waals surface area contributed by atoms with E-state index in [-0.39, 0.29) is 12.4 Å². The van der Waals surface area contributed by atoms with Crippen LogP contribution in [-0.4, -0.2) is 60.9 Å². The van der Waals surface area contributed by atoms with Crippen molar-refractivity contribution in [3.8, 4) is 0 Å². The zero-order valence-electron chi connectivity index (χ0n) is 13.7. The third kappa shape index (κ3) is 4.09. The molecule has 0 amide bonds. The molecule has 6 heteroatoms. The molecule has 2 atom stereocenters. The molecule has 3 heterocycles. The molecule has 0 aromatic carbocycles. The van der Waals surface area contributed by atoms with E-state index in [4.69, 9.17) is 0 Å². The lowest BCUT2D eigenvalue weighted by Crippen LogP contribution is -2.49. The van der Waals surface area contributed by atoms with E-state index in [1.54, 1.807) is 6.20 Å². The van der Waals surface area contributed by atoms with E-state index in [2.05, 4.69) is 45.4 Å². The molecule has 1 N–H and O–H groups in total. The normalized spacial score (nSPS) is 28.7. The molecular weight excluding hydrogens is 298 g/mol. The zero-order chi connectivity index (χ0) is 14.7. The van der Waals surface area contributed by atoms with Crippen LogP contribution in [0.15, 0.2) is 18.3 Å². The molecule has 1 aromatic rings. The highest BCUT2D eigenvalue weighted by molar-refractivity contribution is 5.85. The van der Waals surface area contributed by atoms with Crippen LogP contribution in [0.2, 0.25) is 0 Å². The van der Waals surface area contributed by atoms with Crippen molar-refractivity contribution >= 4 is 18.2 Å². The molecule has 1 aromatic heterocycles. The summed E-state index contributed by atoms with van der Waals surface area (Å²) in [6, 6.07) is 4.66. The fourth-order valence-corrected chi connectivity index (χ4v) is 3.72. The Hall–Kier alpha value is -0.910. The van der Waals surface area contributed by atoms with Gasteiger partial charge in [0.15, 0.2) is 5.82 Å². The summed E-state index contributed by atoms with van der Waals surface area (Å²) in [6.07, 6.45) is 5.56. The van der Waals surface area contributed by atoms with Gasteiger partial charge in [0, 0.05) is 38.4 Å². The van der Waals surface area contributed by atoms with Crippen molar-refractivity contribution < 1.29 is 0 Å². The third-order valence-corrected chi connectivity index (χ3v) is 4.99. The number of hydrogen-bond donors (Lipinski definition) is 1. The molecule has 22 heavy (non-hydrogen) atoms. The summed E-state index contributed by atoms with van der Waals surface area (Å²) in [5.74, 6) is 1.02. The van der Waals surface area contributed by atoms with Crippen molar-refractivity contribution in [3.05, 3.63) is 18.3 Å². The third-order valence-electron chi connectivity index (χ3n) is 4.99. The van der Waals surface area contributed by atoms with Crippen LogP contribution in [0.3, 0.4) is 0 Å². The number of piperidine rings is 1. The zero-order valence-corrected chi connectivity index (χ0v) is 14.5. The number of anilines is 1. The van der Waals surface area contributed by atoms with Gasteiger partial charge in [-0.1, -0.05) is 6.92 Å². The molecule has 2 saturated heterocycles. The first kappa shape index (κ1) is 17.4. The standard InChI is InChI=1S/C16H27N5.ClH/c1-16(7-9-17-12-16)13-20(2)14-5-4-10-21(11-14)15-6-3-8-18-19-15;/h3,6,8,14,17H,4-5,7,9-13H2,1-2H3;1H. The van der Waals surface area contributed by atoms with Crippen LogP contribution in [0.1, 0.15) is 26.2 Å². The Balaban J connectivity index is 0.00000176. The van der Waals surface area contributed by atoms with E-state index in [1.807, 2.05) is 6.07 Å². The average Bonchev–Trinajstić information content (AvgIpc) is 2.94. The van der Waals surface area contributed by atoms with E-state index in [9.17, 15) is 0 Å². The molecule has 2 unspecified atom stereocenters. The molecule has 5 nitrogen and oxygen atoms in total. The van der Waals surface area contributed by atoms with Crippen molar-refractivity contribution in [2.75, 3.05) is 44.7 Å². The predicted octanol–water partition coefficient (Wildman–Crippen LogP) is 1.80. The maximum Gasteiger partial charge on any atom is 0.151 e. The summed E-state index contributed by atoms with van der Waals surface area (Å²) in [4.78, 5) is 4.95. The molecule has 0 aliphatic carbocycles. The van der Waals surface area contributed by atoms with Gasteiger partial charge in [-0.25, -0.2) is 0 Å². The fourth-order valence-electron chi connectivity index (χ4n) is 3.72. The molecule has 0 saturated carbocycles. The Morgan fingerprint density at radius 1 is 1.50 bits per heavy atom. The minimum absolute atomic E-state index is 0. The van der Waals surface area contributed by atoms with Crippen molar-refractivity contribution in [1.82, 2.24) is 20.4 Å². The van der Waals surface area contributed by atoms with E-state index >= 15 is 0 Å². The number of nitrogens with zero attached hydrogens (tertiary/aromatic N) is 4. The number of likely N-dealkylation sites (N-methyl/N-ethyl adjacent to an activating group) is 1. The van der Waals surface area contributed by atoms with Gasteiger partial charge < -0.3 is 15.1 Å². The van der Waals surface area contributed by atoms with Crippen molar-refractivity contribution in [3.63, 3.8) is 0 Å². The second-order valence-corrected chi connectivity index (χ2v) is 6.98. The summed E-state index contributed by atoms with van der Waals surface area (Å²) in [5, 5.41) is 11.8. The lowest BCUT2D eigenvalue weighted by molar-refractivity contribution is 0.146. The molecule has 2 aliphatic heterocycles. The Kier molecular flexibility index (Phi) is 6.01. The van der Waals surface area contributed by atoms with E-state index in [1.165, 1.54) is 32.4 Å². The lowest BCUT2D eigenvalue weighted by Gasteiger charge is -2.40. The molecule has 2 fully saturated rings. The Bertz CT molecular complexity index is 449. The largest absolute Gasteiger partial charge is 0.354 e. The van der Waals surface area contributed by atoms with Gasteiger partial charge in [-0.05, 0) is 50.4 Å². The highest BCUT2D eigenvalue weighted by Gasteiger charge is 2.33. The second kappa shape index (κ2) is 7.57. The first-order valence-corrected chi connectivity index (χ1v) is 8.10. The minimum Gasteiger partial charge on any atom is -0.354 e. The van der Waals surface area contributed by atoms with Crippen molar-refractivity contribution in [2.45, 2.75) is 32.2 Å². The van der Waals surface area contributed by atoms with Gasteiger partial charge in [-0.2, -0.15) is 5.10 Å². The Labute approximate surface area is 139 Å². The van der Waals surface area contributed by atoms with Gasteiger partial charge in [0.2, 0.25) is 0 Å². The fraction of sp³-hybridized carbons (Fsp3) is 0.750. The number of nitrogens with one attached hydrogen (secondary N) is 1. The van der Waals surface area contributed by atoms with Crippen LogP contribution in [0.25, 0.3) is 0 Å². The molecule has 2 aliphatic rings. The van der Waals surface area contributed by atoms with Gasteiger partial charge in [0.05, 0.1) is 0 Å². The summed E-state index contributed by atoms with van der Waals surface area (Å²) in [7, 11) is 2.29. The Morgan fingerprint density at radius 3 is 3.05 bits per heavy atom. The van der Waals surface area contributed by atoms with Crippen LogP contribution in [0.4, 0.5) is 5.82 Å². The number of hydrogen-bond acceptors (Lipinski definition) is 5. The van der Waals surface area contributed by atoms with E-state index in [0.29, 0.717) is 11.5 Å². The topological polar surface area (TPSA) is 44.3 Å². The molecule has 0 radical (unpaired) electrons. The molecule has 124 valence electrons. The molecule has 0 bridgehead atoms. The second-order valence-electron chi connectivity index (χ2n) is 6.98. The maximum atomic E-state index is 4.26. The number of aromatic nitrogens is 2. The van der Waals surface area contributed by atoms with E-state index in [0.717, 1.165) is 25.5 Å². The highest BCUT2D eigenvalue weighted by atomic mass is 35.5. The molecule has 0 spiro atoms. The average molecular weight is 326 g/mol.